The maximum atomic E-state index is 4.98. The predicted molar refractivity (Wildman–Crippen MR) is 577 cm³/mol. The standard InChI is InChI=1S/3C27H24B9N2P2/c1-27(2)18-10-4-5-11-19(18)31-20-12-6-8-14-22(20)38-21-13-7-3-9-16(21)17-15-23(24(27)25(31)26(17)38)39(32-28-33(39)36(32)39)37-40-29-34(40)35(40)30-40;1-27(2)17-10-4-5-11-19(17)31-20-12-6-8-14-22(20)38-21-13-7-3-9-16(21)24-23(15-18(27)25(31)26(24)38)39(32-28-33(39)36(32)39)37-40-29-34(40)35(40)30-40;1-27(2)18-15-14-17-16-8-3-5-11-21(16)38-22-12-6-4-9-19(22)31(25(18)26(17)38)20-10-7-13-23(24(20)27)39(32-28-33(39)36(32)39)37-40-29-34(40)35(40)30-40/h3*3-15,37H,28-29H2,1-2H3/q3*-2. The molecule has 543 valence electrons. The van der Waals surface area contributed by atoms with Crippen LogP contribution in [0.4, 0.5) is 0 Å². The van der Waals surface area contributed by atoms with Gasteiger partial charge in [-0.3, -0.25) is 0 Å². The van der Waals surface area contributed by atoms with Gasteiger partial charge in [0.25, 0.3) is 0 Å². The molecule has 3 radical (unpaired) electrons. The Morgan fingerprint density at radius 3 is 1.18 bits per heavy atom. The van der Waals surface area contributed by atoms with Gasteiger partial charge in [0.2, 0.25) is 0 Å². The summed E-state index contributed by atoms with van der Waals surface area (Å²) < 4.78 is 7.98. The second-order valence-corrected chi connectivity index (χ2v) is 85.2. The van der Waals surface area contributed by atoms with Crippen molar-refractivity contribution in [2.45, 2.75) is 57.8 Å². The van der Waals surface area contributed by atoms with Gasteiger partial charge in [0.05, 0.1) is 0 Å². The Labute approximate surface area is 711 Å². The van der Waals surface area contributed by atoms with Gasteiger partial charge in [-0.25, -0.2) is 0 Å². The monoisotopic (exact) mass is 1610 g/mol. The Balaban J connectivity index is 0.0000000801. The molecule has 120 heavy (non-hydrogen) atoms. The SMILES string of the molecule is CC1(C)c2ccc3c4ccccc4n4c3c2B(c2ccccc2-4)c2cccc(P34(NP567[B]B5B6[BH2-]7)B5[BH2-]B3B54)c21.CC1(C)c2ccccc2B2c3ccccc3-n3c4ccccc4c4c(P56(NP789[B]B7B8[BH2-]9)B7[BH2-]B5B76)cc1c2c43.CC1(C)c2ccccc2B2c3ccccc3-n3c4ccccc4c4cc(P56(NP789[B]B7B8[BH2-]9)B7[BH2-]B5B76)c1c2c43. The molecule has 0 amide bonds. The van der Waals surface area contributed by atoms with Gasteiger partial charge in [0, 0.05) is 0 Å². The van der Waals surface area contributed by atoms with Crippen LogP contribution in [0.5, 0.6) is 0 Å². The molecule has 6 nitrogen and oxygen atoms in total. The molecule has 0 saturated carbocycles. The summed E-state index contributed by atoms with van der Waals surface area (Å²) in [6.07, 6.45) is 7.44. The number of aromatic nitrogens is 3. The number of nitrogens with one attached hydrogen (secondary N) is 3. The number of para-hydroxylation sites is 6. The Hall–Kier alpha value is -5.75. The molecule has 30 heterocycles. The summed E-state index contributed by atoms with van der Waals surface area (Å²) in [4.78, 5) is 14.9. The van der Waals surface area contributed by atoms with E-state index in [2.05, 4.69) is 313 Å². The Kier molecular flexibility index (Phi) is 9.49. The molecule has 27 aliphatic heterocycles. The van der Waals surface area contributed by atoms with Crippen molar-refractivity contribution in [2.24, 2.45) is 0 Å². The molecule has 39 heteroatoms. The molecule has 42 rings (SSSR count). The zero-order chi connectivity index (χ0) is 77.4. The van der Waals surface area contributed by atoms with E-state index in [0.29, 0.717) is 47.9 Å². The number of rotatable bonds is 9. The summed E-state index contributed by atoms with van der Waals surface area (Å²) in [7, 11) is 0.855. The van der Waals surface area contributed by atoms with E-state index in [-0.39, 0.29) is 30.4 Å². The molecule has 12 aromatic carbocycles. The average Bonchev–Trinajstić information content (AvgIpc) is 1.34. The summed E-state index contributed by atoms with van der Waals surface area (Å²) in [5.74, 6) is 0. The fourth-order valence-corrected chi connectivity index (χ4v) is 116. The molecule has 3 N–H and O–H groups in total. The Bertz CT molecular complexity index is 8060. The minimum atomic E-state index is -1.97. The molecule has 0 unspecified atom stereocenters. The van der Waals surface area contributed by atoms with E-state index < -0.39 is 38.0 Å². The van der Waals surface area contributed by atoms with Gasteiger partial charge >= 0.3 is 717 Å². The number of hydrogen-bond donors (Lipinski definition) is 3. The van der Waals surface area contributed by atoms with Gasteiger partial charge in [-0.05, 0) is 0 Å². The van der Waals surface area contributed by atoms with E-state index >= 15 is 0 Å². The molecular formula is C81H72B27N6P6-6. The molecule has 0 aliphatic carbocycles. The van der Waals surface area contributed by atoms with Crippen LogP contribution in [0.15, 0.2) is 237 Å². The van der Waals surface area contributed by atoms with E-state index in [1.807, 2.05) is 15.9 Å². The van der Waals surface area contributed by atoms with Crippen molar-refractivity contribution in [1.29, 1.82) is 0 Å². The second-order valence-electron chi connectivity index (χ2n) is 49.0. The van der Waals surface area contributed by atoms with Crippen LogP contribution in [0, 0.1) is 0 Å². The van der Waals surface area contributed by atoms with Crippen molar-refractivity contribution in [3.8, 4) is 17.1 Å². The van der Waals surface area contributed by atoms with E-state index in [4.69, 9.17) is 14.6 Å². The first-order chi connectivity index (χ1) is 58.4. The molecule has 27 aliphatic rings. The van der Waals surface area contributed by atoms with Gasteiger partial charge in [0.15, 0.2) is 0 Å². The first-order valence-corrected chi connectivity index (χ1v) is 64.2. The topological polar surface area (TPSA) is 50.9 Å². The van der Waals surface area contributed by atoms with E-state index in [0.717, 1.165) is 62.1 Å². The number of nitrogens with zero attached hydrogens (tertiary/aromatic N) is 3. The summed E-state index contributed by atoms with van der Waals surface area (Å²) in [5, 5.41) is 14.7. The predicted octanol–water partition coefficient (Wildman–Crippen LogP) is 1.61. The quantitative estimate of drug-likeness (QED) is 0.153. The zero-order valence-electron chi connectivity index (χ0n) is 70.2. The van der Waals surface area contributed by atoms with Crippen LogP contribution in [0.1, 0.15) is 74.9 Å². The van der Waals surface area contributed by atoms with Crippen molar-refractivity contribution >= 4 is 344 Å². The van der Waals surface area contributed by atoms with E-state index in [1.165, 1.54) is 125 Å². The summed E-state index contributed by atoms with van der Waals surface area (Å²) in [6, 6.07) is 93.3. The molecule has 15 aromatic rings. The van der Waals surface area contributed by atoms with Gasteiger partial charge in [-0.2, -0.15) is 0 Å². The van der Waals surface area contributed by atoms with Crippen LogP contribution >= 0.6 is 38.0 Å². The third-order valence-corrected chi connectivity index (χ3v) is 100. The molecule has 3 aromatic heterocycles. The van der Waals surface area contributed by atoms with Crippen molar-refractivity contribution in [2.75, 3.05) is 0 Å². The van der Waals surface area contributed by atoms with E-state index in [9.17, 15) is 0 Å². The van der Waals surface area contributed by atoms with Crippen molar-refractivity contribution < 1.29 is 0 Å². The molecule has 21 fully saturated rings. The summed E-state index contributed by atoms with van der Waals surface area (Å²) in [6.45, 7) is 26.2. The van der Waals surface area contributed by atoms with Gasteiger partial charge < -0.3 is 0 Å². The first-order valence-electron chi connectivity index (χ1n) is 48.2. The van der Waals surface area contributed by atoms with Crippen LogP contribution in [0.3, 0.4) is 0 Å². The molecule has 3 spiro atoms. The van der Waals surface area contributed by atoms with Gasteiger partial charge in [0.1, 0.15) is 0 Å². The van der Waals surface area contributed by atoms with E-state index in [1.54, 1.807) is 71.4 Å². The number of benzene rings is 12. The number of hydrogen-bond acceptors (Lipinski definition) is 3. The summed E-state index contributed by atoms with van der Waals surface area (Å²) >= 11 is 0. The maximum absolute atomic E-state index is 4.98. The zero-order valence-corrected chi connectivity index (χ0v) is 75.5. The van der Waals surface area contributed by atoms with Crippen LogP contribution in [0.25, 0.3) is 82.5 Å². The average molecular weight is 1610 g/mol. The molecule has 21 saturated heterocycles. The van der Waals surface area contributed by atoms with Gasteiger partial charge in [-0.15, -0.1) is 0 Å². The molecular weight excluding hydrogens is 1530 g/mol. The molecule has 6 bridgehead atoms. The van der Waals surface area contributed by atoms with Crippen molar-refractivity contribution in [1.82, 2.24) is 28.3 Å². The van der Waals surface area contributed by atoms with Crippen LogP contribution in [-0.2, 0) is 16.2 Å². The van der Waals surface area contributed by atoms with Crippen LogP contribution in [0.2, 0.25) is 0 Å². The fraction of sp³-hybridized carbons (Fsp3) is 0.111. The number of fused-ring (bicyclic) bond motifs is 27. The van der Waals surface area contributed by atoms with Crippen LogP contribution < -0.4 is 79.7 Å². The van der Waals surface area contributed by atoms with Gasteiger partial charge in [-0.1, -0.05) is 0 Å². The first kappa shape index (κ1) is 64.9. The van der Waals surface area contributed by atoms with Crippen molar-refractivity contribution in [3.63, 3.8) is 0 Å². The Morgan fingerprint density at radius 1 is 0.300 bits per heavy atom. The normalized spacial score (nSPS) is 27.9. The summed E-state index contributed by atoms with van der Waals surface area (Å²) in [5.41, 5.74) is 36.8. The molecule has 0 atom stereocenters. The van der Waals surface area contributed by atoms with Crippen molar-refractivity contribution in [3.05, 3.63) is 270 Å². The third kappa shape index (κ3) is 5.66. The third-order valence-electron chi connectivity index (χ3n) is 46.7. The second kappa shape index (κ2) is 17.5. The minimum absolute atomic E-state index is 0.000695. The van der Waals surface area contributed by atoms with Crippen LogP contribution in [-0.4, -0.2) is 190 Å². The fourth-order valence-electron chi connectivity index (χ4n) is 39.8. The Morgan fingerprint density at radius 2 is 0.683 bits per heavy atom.